The van der Waals surface area contributed by atoms with Gasteiger partial charge in [-0.25, -0.2) is 0 Å². The van der Waals surface area contributed by atoms with Crippen molar-refractivity contribution >= 4 is 5.96 Å². The SMILES string of the molecule is CN=C(NCC1CCCN(CC(C)C)C1)NCC1(CCO)CCOC1. The van der Waals surface area contributed by atoms with Crippen LogP contribution in [0, 0.1) is 17.3 Å². The second kappa shape index (κ2) is 10.3. The first-order valence-electron chi connectivity index (χ1n) is 9.92. The first kappa shape index (κ1) is 20.5. The van der Waals surface area contributed by atoms with Crippen LogP contribution in [0.3, 0.4) is 0 Å². The van der Waals surface area contributed by atoms with Crippen LogP contribution in [0.4, 0.5) is 0 Å². The van der Waals surface area contributed by atoms with Gasteiger partial charge >= 0.3 is 0 Å². The van der Waals surface area contributed by atoms with Gasteiger partial charge in [-0.2, -0.15) is 0 Å². The van der Waals surface area contributed by atoms with E-state index in [1.165, 1.54) is 32.5 Å². The minimum atomic E-state index is 0.0469. The summed E-state index contributed by atoms with van der Waals surface area (Å²) in [7, 11) is 1.82. The monoisotopic (exact) mass is 354 g/mol. The molecule has 2 unspecified atom stereocenters. The number of rotatable bonds is 8. The van der Waals surface area contributed by atoms with Crippen molar-refractivity contribution in [2.75, 3.05) is 59.6 Å². The van der Waals surface area contributed by atoms with E-state index in [-0.39, 0.29) is 12.0 Å². The summed E-state index contributed by atoms with van der Waals surface area (Å²) in [5.74, 6) is 2.29. The largest absolute Gasteiger partial charge is 0.396 e. The number of guanidine groups is 1. The summed E-state index contributed by atoms with van der Waals surface area (Å²) in [4.78, 5) is 6.97. The van der Waals surface area contributed by atoms with Crippen LogP contribution in [0.25, 0.3) is 0 Å². The lowest BCUT2D eigenvalue weighted by Gasteiger charge is -2.34. The van der Waals surface area contributed by atoms with Crippen LogP contribution in [0.1, 0.15) is 39.5 Å². The molecule has 2 aliphatic rings. The highest BCUT2D eigenvalue weighted by atomic mass is 16.5. The Hall–Kier alpha value is -0.850. The first-order chi connectivity index (χ1) is 12.1. The summed E-state index contributed by atoms with van der Waals surface area (Å²) in [6.07, 6.45) is 4.37. The van der Waals surface area contributed by atoms with Crippen LogP contribution in [0.5, 0.6) is 0 Å². The van der Waals surface area contributed by atoms with Gasteiger partial charge in [0.15, 0.2) is 5.96 Å². The Morgan fingerprint density at radius 2 is 2.24 bits per heavy atom. The predicted molar refractivity (Wildman–Crippen MR) is 103 cm³/mol. The van der Waals surface area contributed by atoms with E-state index in [4.69, 9.17) is 4.74 Å². The number of ether oxygens (including phenoxy) is 1. The Labute approximate surface area is 153 Å². The lowest BCUT2D eigenvalue weighted by molar-refractivity contribution is 0.127. The molecule has 25 heavy (non-hydrogen) atoms. The van der Waals surface area contributed by atoms with Crippen molar-refractivity contribution in [1.82, 2.24) is 15.5 Å². The van der Waals surface area contributed by atoms with Gasteiger partial charge in [-0.1, -0.05) is 13.8 Å². The molecule has 2 atom stereocenters. The van der Waals surface area contributed by atoms with Crippen molar-refractivity contribution in [3.05, 3.63) is 0 Å². The van der Waals surface area contributed by atoms with E-state index >= 15 is 0 Å². The Morgan fingerprint density at radius 1 is 1.40 bits per heavy atom. The zero-order chi connectivity index (χ0) is 18.1. The molecule has 0 bridgehead atoms. The molecule has 0 aromatic heterocycles. The number of hydrogen-bond donors (Lipinski definition) is 3. The van der Waals surface area contributed by atoms with Crippen molar-refractivity contribution in [2.45, 2.75) is 39.5 Å². The highest BCUT2D eigenvalue weighted by molar-refractivity contribution is 5.79. The van der Waals surface area contributed by atoms with Gasteiger partial charge in [0.2, 0.25) is 0 Å². The molecular formula is C19H38N4O2. The van der Waals surface area contributed by atoms with Crippen LogP contribution >= 0.6 is 0 Å². The van der Waals surface area contributed by atoms with E-state index in [2.05, 4.69) is 34.4 Å². The van der Waals surface area contributed by atoms with Crippen molar-refractivity contribution in [3.8, 4) is 0 Å². The minimum absolute atomic E-state index is 0.0469. The van der Waals surface area contributed by atoms with E-state index in [0.717, 1.165) is 51.0 Å². The Morgan fingerprint density at radius 3 is 2.88 bits per heavy atom. The van der Waals surface area contributed by atoms with Gasteiger partial charge in [0.1, 0.15) is 0 Å². The second-order valence-electron chi connectivity index (χ2n) is 8.24. The molecule has 0 spiro atoms. The lowest BCUT2D eigenvalue weighted by Crippen LogP contribution is -2.47. The maximum absolute atomic E-state index is 9.34. The number of nitrogens with one attached hydrogen (secondary N) is 2. The lowest BCUT2D eigenvalue weighted by atomic mass is 9.84. The third-order valence-corrected chi connectivity index (χ3v) is 5.47. The van der Waals surface area contributed by atoms with Gasteiger partial charge < -0.3 is 25.4 Å². The number of aliphatic hydroxyl groups is 1. The maximum Gasteiger partial charge on any atom is 0.191 e. The van der Waals surface area contributed by atoms with Crippen LogP contribution in [0.15, 0.2) is 4.99 Å². The van der Waals surface area contributed by atoms with E-state index in [9.17, 15) is 5.11 Å². The fourth-order valence-corrected chi connectivity index (χ4v) is 4.04. The average Bonchev–Trinajstić information content (AvgIpc) is 3.04. The molecule has 6 heteroatoms. The average molecular weight is 355 g/mol. The summed E-state index contributed by atoms with van der Waals surface area (Å²) in [6.45, 7) is 11.7. The van der Waals surface area contributed by atoms with Crippen LogP contribution in [-0.2, 0) is 4.74 Å². The van der Waals surface area contributed by atoms with Gasteiger partial charge in [-0.05, 0) is 44.1 Å². The van der Waals surface area contributed by atoms with Crippen LogP contribution < -0.4 is 10.6 Å². The molecule has 2 heterocycles. The quantitative estimate of drug-likeness (QED) is 0.453. The Balaban J connectivity index is 1.74. The standard InChI is InChI=1S/C19H38N4O2/c1-16(2)12-23-8-4-5-17(13-23)11-21-18(20-3)22-14-19(6-9-24)7-10-25-15-19/h16-17,24H,4-15H2,1-3H3,(H2,20,21,22). The predicted octanol–water partition coefficient (Wildman–Crippen LogP) is 1.31. The number of aliphatic hydroxyl groups excluding tert-OH is 1. The molecule has 146 valence electrons. The molecule has 0 aromatic rings. The van der Waals surface area contributed by atoms with Crippen LogP contribution in [0.2, 0.25) is 0 Å². The Kier molecular flexibility index (Phi) is 8.46. The molecule has 0 aliphatic carbocycles. The number of nitrogens with zero attached hydrogens (tertiary/aromatic N) is 2. The third kappa shape index (κ3) is 6.76. The highest BCUT2D eigenvalue weighted by Crippen LogP contribution is 2.31. The van der Waals surface area contributed by atoms with Gasteiger partial charge in [0, 0.05) is 51.9 Å². The second-order valence-corrected chi connectivity index (χ2v) is 8.24. The number of hydrogen-bond acceptors (Lipinski definition) is 4. The van der Waals surface area contributed by atoms with E-state index < -0.39 is 0 Å². The molecule has 2 rings (SSSR count). The number of likely N-dealkylation sites (tertiary alicyclic amines) is 1. The molecular weight excluding hydrogens is 316 g/mol. The van der Waals surface area contributed by atoms with Gasteiger partial charge in [-0.3, -0.25) is 4.99 Å². The third-order valence-electron chi connectivity index (χ3n) is 5.47. The number of aliphatic imine (C=N–C) groups is 1. The smallest absolute Gasteiger partial charge is 0.191 e. The molecule has 0 saturated carbocycles. The zero-order valence-corrected chi connectivity index (χ0v) is 16.4. The highest BCUT2D eigenvalue weighted by Gasteiger charge is 2.34. The summed E-state index contributed by atoms with van der Waals surface area (Å²) < 4.78 is 5.56. The van der Waals surface area contributed by atoms with Gasteiger partial charge in [-0.15, -0.1) is 0 Å². The molecule has 0 amide bonds. The summed E-state index contributed by atoms with van der Waals surface area (Å²) >= 11 is 0. The first-order valence-corrected chi connectivity index (χ1v) is 9.92. The molecule has 2 fully saturated rings. The van der Waals surface area contributed by atoms with Crippen molar-refractivity contribution < 1.29 is 9.84 Å². The van der Waals surface area contributed by atoms with Crippen LogP contribution in [-0.4, -0.2) is 75.6 Å². The van der Waals surface area contributed by atoms with Gasteiger partial charge in [0.05, 0.1) is 6.61 Å². The number of piperidine rings is 1. The minimum Gasteiger partial charge on any atom is -0.396 e. The molecule has 2 saturated heterocycles. The fraction of sp³-hybridized carbons (Fsp3) is 0.947. The summed E-state index contributed by atoms with van der Waals surface area (Å²) in [5, 5.41) is 16.3. The van der Waals surface area contributed by atoms with Crippen molar-refractivity contribution in [2.24, 2.45) is 22.2 Å². The normalized spacial score (nSPS) is 28.5. The molecule has 6 nitrogen and oxygen atoms in total. The topological polar surface area (TPSA) is 69.1 Å². The van der Waals surface area contributed by atoms with Crippen molar-refractivity contribution in [1.29, 1.82) is 0 Å². The Bertz CT molecular complexity index is 408. The molecule has 0 radical (unpaired) electrons. The molecule has 3 N–H and O–H groups in total. The fourth-order valence-electron chi connectivity index (χ4n) is 4.04. The maximum atomic E-state index is 9.34. The van der Waals surface area contributed by atoms with E-state index in [0.29, 0.717) is 5.92 Å². The van der Waals surface area contributed by atoms with E-state index in [1.807, 2.05) is 7.05 Å². The van der Waals surface area contributed by atoms with E-state index in [1.54, 1.807) is 0 Å². The summed E-state index contributed by atoms with van der Waals surface area (Å²) in [6, 6.07) is 0. The van der Waals surface area contributed by atoms with Gasteiger partial charge in [0.25, 0.3) is 0 Å². The molecule has 2 aliphatic heterocycles. The summed E-state index contributed by atoms with van der Waals surface area (Å²) in [5.41, 5.74) is 0.0469. The molecule has 0 aromatic carbocycles. The zero-order valence-electron chi connectivity index (χ0n) is 16.4. The van der Waals surface area contributed by atoms with Crippen molar-refractivity contribution in [3.63, 3.8) is 0 Å².